The molecule has 0 spiro atoms. The van der Waals surface area contributed by atoms with E-state index in [-0.39, 0.29) is 6.42 Å². The van der Waals surface area contributed by atoms with Crippen LogP contribution in [-0.2, 0) is 0 Å². The molecule has 1 aromatic heterocycles. The fourth-order valence-corrected chi connectivity index (χ4v) is 3.02. The quantitative estimate of drug-likeness (QED) is 0.875. The minimum absolute atomic E-state index is 0.189. The molecule has 5 heteroatoms. The molecule has 4 nitrogen and oxygen atoms in total. The highest BCUT2D eigenvalue weighted by atomic mass is 32.1. The van der Waals surface area contributed by atoms with Crippen molar-refractivity contribution in [1.29, 1.82) is 5.26 Å². The van der Waals surface area contributed by atoms with Gasteiger partial charge in [-0.15, -0.1) is 0 Å². The SMILES string of the molecule is N#CCC1(O)CN(c2nc3ccccc3s2)C1. The molecule has 2 heterocycles. The second-order valence-corrected chi connectivity index (χ2v) is 5.39. The maximum atomic E-state index is 9.93. The van der Waals surface area contributed by atoms with Crippen molar-refractivity contribution in [2.45, 2.75) is 12.0 Å². The van der Waals surface area contributed by atoms with Crippen molar-refractivity contribution in [2.75, 3.05) is 18.0 Å². The van der Waals surface area contributed by atoms with Crippen LogP contribution in [0.2, 0.25) is 0 Å². The molecule has 0 aliphatic carbocycles. The molecule has 1 aliphatic rings. The Balaban J connectivity index is 1.81. The Morgan fingerprint density at radius 2 is 2.24 bits per heavy atom. The summed E-state index contributed by atoms with van der Waals surface area (Å²) in [6, 6.07) is 10.00. The molecule has 0 radical (unpaired) electrons. The van der Waals surface area contributed by atoms with Crippen LogP contribution in [-0.4, -0.2) is 28.8 Å². The van der Waals surface area contributed by atoms with E-state index >= 15 is 0 Å². The number of aromatic nitrogens is 1. The van der Waals surface area contributed by atoms with Crippen LogP contribution in [0.3, 0.4) is 0 Å². The van der Waals surface area contributed by atoms with Crippen molar-refractivity contribution in [3.8, 4) is 6.07 Å². The predicted octanol–water partition coefficient (Wildman–Crippen LogP) is 1.76. The third-order valence-electron chi connectivity index (χ3n) is 2.93. The lowest BCUT2D eigenvalue weighted by molar-refractivity contribution is 0.0167. The van der Waals surface area contributed by atoms with Gasteiger partial charge in [-0.1, -0.05) is 23.5 Å². The number of β-amino-alcohol motifs (C(OH)–C–C–N with tert-alkyl or cyclic N) is 1. The molecule has 2 aromatic rings. The summed E-state index contributed by atoms with van der Waals surface area (Å²) in [5.41, 5.74) is 0.148. The molecule has 0 unspecified atom stereocenters. The van der Waals surface area contributed by atoms with E-state index in [2.05, 4.69) is 4.98 Å². The molecule has 1 N–H and O–H groups in total. The molecule has 0 atom stereocenters. The number of hydrogen-bond acceptors (Lipinski definition) is 5. The molecule has 17 heavy (non-hydrogen) atoms. The summed E-state index contributed by atoms with van der Waals surface area (Å²) in [5, 5.41) is 19.5. The largest absolute Gasteiger partial charge is 0.385 e. The van der Waals surface area contributed by atoms with Crippen molar-refractivity contribution >= 4 is 26.7 Å². The smallest absolute Gasteiger partial charge is 0.186 e. The average Bonchev–Trinajstić information content (AvgIpc) is 2.69. The van der Waals surface area contributed by atoms with Gasteiger partial charge in [0.05, 0.1) is 35.8 Å². The molecular weight excluding hydrogens is 234 g/mol. The highest BCUT2D eigenvalue weighted by molar-refractivity contribution is 7.22. The maximum absolute atomic E-state index is 9.93. The standard InChI is InChI=1S/C12H11N3OS/c13-6-5-12(16)7-15(8-12)11-14-9-3-1-2-4-10(9)17-11/h1-4,16H,5,7-8H2. The van der Waals surface area contributed by atoms with Crippen LogP contribution in [0.5, 0.6) is 0 Å². The Morgan fingerprint density at radius 1 is 1.47 bits per heavy atom. The number of anilines is 1. The molecule has 0 bridgehead atoms. The molecule has 1 aromatic carbocycles. The fourth-order valence-electron chi connectivity index (χ4n) is 2.05. The number of nitriles is 1. The highest BCUT2D eigenvalue weighted by Crippen LogP contribution is 2.35. The van der Waals surface area contributed by atoms with E-state index < -0.39 is 5.60 Å². The lowest BCUT2D eigenvalue weighted by Crippen LogP contribution is -2.61. The normalized spacial score (nSPS) is 17.8. The Bertz CT molecular complexity index is 562. The maximum Gasteiger partial charge on any atom is 0.186 e. The van der Waals surface area contributed by atoms with Crippen LogP contribution in [0, 0.1) is 11.3 Å². The first kappa shape index (κ1) is 10.5. The zero-order chi connectivity index (χ0) is 11.9. The van der Waals surface area contributed by atoms with Crippen LogP contribution in [0.4, 0.5) is 5.13 Å². The summed E-state index contributed by atoms with van der Waals surface area (Å²) < 4.78 is 1.15. The topological polar surface area (TPSA) is 60.1 Å². The third-order valence-corrected chi connectivity index (χ3v) is 4.03. The van der Waals surface area contributed by atoms with Crippen LogP contribution in [0.15, 0.2) is 24.3 Å². The van der Waals surface area contributed by atoms with E-state index in [9.17, 15) is 5.11 Å². The second-order valence-electron chi connectivity index (χ2n) is 4.38. The molecular formula is C12H11N3OS. The minimum atomic E-state index is -0.841. The van der Waals surface area contributed by atoms with Gasteiger partial charge in [0.2, 0.25) is 0 Å². The van der Waals surface area contributed by atoms with Crippen LogP contribution in [0.1, 0.15) is 6.42 Å². The van der Waals surface area contributed by atoms with E-state index in [1.54, 1.807) is 11.3 Å². The first-order chi connectivity index (χ1) is 8.20. The first-order valence-electron chi connectivity index (χ1n) is 5.40. The van der Waals surface area contributed by atoms with Crippen molar-refractivity contribution in [3.63, 3.8) is 0 Å². The summed E-state index contributed by atoms with van der Waals surface area (Å²) >= 11 is 1.62. The van der Waals surface area contributed by atoms with Gasteiger partial charge >= 0.3 is 0 Å². The van der Waals surface area contributed by atoms with Crippen LogP contribution >= 0.6 is 11.3 Å². The Hall–Kier alpha value is -1.64. The molecule has 1 aliphatic heterocycles. The summed E-state index contributed by atoms with van der Waals surface area (Å²) in [5.74, 6) is 0. The summed E-state index contributed by atoms with van der Waals surface area (Å²) in [7, 11) is 0. The number of thiazole rings is 1. The van der Waals surface area contributed by atoms with E-state index in [0.717, 1.165) is 15.3 Å². The lowest BCUT2D eigenvalue weighted by atomic mass is 9.92. The summed E-state index contributed by atoms with van der Waals surface area (Å²) in [4.78, 5) is 6.53. The van der Waals surface area contributed by atoms with E-state index in [4.69, 9.17) is 5.26 Å². The van der Waals surface area contributed by atoms with E-state index in [1.807, 2.05) is 35.2 Å². The highest BCUT2D eigenvalue weighted by Gasteiger charge is 2.42. The first-order valence-corrected chi connectivity index (χ1v) is 6.22. The predicted molar refractivity (Wildman–Crippen MR) is 67.0 cm³/mol. The molecule has 0 amide bonds. The number of para-hydroxylation sites is 1. The van der Waals surface area contributed by atoms with E-state index in [0.29, 0.717) is 13.1 Å². The monoisotopic (exact) mass is 245 g/mol. The van der Waals surface area contributed by atoms with Gasteiger partial charge in [0.15, 0.2) is 5.13 Å². The minimum Gasteiger partial charge on any atom is -0.385 e. The van der Waals surface area contributed by atoms with Crippen molar-refractivity contribution < 1.29 is 5.11 Å². The van der Waals surface area contributed by atoms with Gasteiger partial charge < -0.3 is 10.0 Å². The van der Waals surface area contributed by atoms with Gasteiger partial charge in [-0.2, -0.15) is 5.26 Å². The Kier molecular flexibility index (Phi) is 2.28. The van der Waals surface area contributed by atoms with Crippen molar-refractivity contribution in [2.24, 2.45) is 0 Å². The zero-order valence-corrected chi connectivity index (χ0v) is 9.94. The molecule has 1 fully saturated rings. The number of fused-ring (bicyclic) bond motifs is 1. The molecule has 86 valence electrons. The van der Waals surface area contributed by atoms with Gasteiger partial charge in [0.1, 0.15) is 5.60 Å². The number of benzene rings is 1. The average molecular weight is 245 g/mol. The van der Waals surface area contributed by atoms with Crippen LogP contribution in [0.25, 0.3) is 10.2 Å². The zero-order valence-electron chi connectivity index (χ0n) is 9.13. The Labute approximate surface area is 103 Å². The van der Waals surface area contributed by atoms with Gasteiger partial charge in [-0.3, -0.25) is 0 Å². The molecule has 1 saturated heterocycles. The van der Waals surface area contributed by atoms with Gasteiger partial charge in [0.25, 0.3) is 0 Å². The molecule has 0 saturated carbocycles. The number of aliphatic hydroxyl groups is 1. The number of nitrogens with zero attached hydrogens (tertiary/aromatic N) is 3. The number of hydrogen-bond donors (Lipinski definition) is 1. The van der Waals surface area contributed by atoms with Crippen LogP contribution < -0.4 is 4.90 Å². The van der Waals surface area contributed by atoms with Gasteiger partial charge in [-0.25, -0.2) is 4.98 Å². The van der Waals surface area contributed by atoms with Gasteiger partial charge in [0, 0.05) is 0 Å². The Morgan fingerprint density at radius 3 is 2.94 bits per heavy atom. The second kappa shape index (κ2) is 3.69. The van der Waals surface area contributed by atoms with Gasteiger partial charge in [-0.05, 0) is 12.1 Å². The van der Waals surface area contributed by atoms with Crippen molar-refractivity contribution in [3.05, 3.63) is 24.3 Å². The lowest BCUT2D eigenvalue weighted by Gasteiger charge is -2.45. The summed E-state index contributed by atoms with van der Waals surface area (Å²) in [6.07, 6.45) is 0.189. The third kappa shape index (κ3) is 1.75. The number of rotatable bonds is 2. The fraction of sp³-hybridized carbons (Fsp3) is 0.333. The summed E-state index contributed by atoms with van der Waals surface area (Å²) in [6.45, 7) is 1.00. The van der Waals surface area contributed by atoms with Crippen molar-refractivity contribution in [1.82, 2.24) is 4.98 Å². The molecule has 3 rings (SSSR count). The van der Waals surface area contributed by atoms with E-state index in [1.165, 1.54) is 0 Å².